The summed E-state index contributed by atoms with van der Waals surface area (Å²) in [6, 6.07) is 0. The standard InChI is InChI=1S/C30H48O21/c1-47-25-21(38)18(35)12(49-26(25)29(44)45)4-3-10-16(33)20(37)14(51-23(10)27(40)41)8-11-17(34)19(36)13(50-24(11)28(42)43)7-9(5-6-31)15(32)22(39)30(46)48-2/h6,9-26,30,32-39,46H,3-5,7-8H2,1-2H3,(H,40,41)(H,42,43)(H,44,45). The van der Waals surface area contributed by atoms with Crippen LogP contribution >= 0.6 is 0 Å². The molecule has 3 fully saturated rings. The molecule has 0 radical (unpaired) electrons. The Morgan fingerprint density at radius 3 is 1.67 bits per heavy atom. The summed E-state index contributed by atoms with van der Waals surface area (Å²) < 4.78 is 26.1. The van der Waals surface area contributed by atoms with Gasteiger partial charge in [0.2, 0.25) is 0 Å². The number of aliphatic carboxylic acids is 3. The normalized spacial score (nSPS) is 41.2. The van der Waals surface area contributed by atoms with Crippen LogP contribution in [0.25, 0.3) is 0 Å². The zero-order valence-corrected chi connectivity index (χ0v) is 27.6. The molecule has 19 unspecified atom stereocenters. The molecule has 0 spiro atoms. The number of aliphatic hydroxyl groups is 9. The Hall–Kier alpha value is -2.48. The van der Waals surface area contributed by atoms with Gasteiger partial charge in [0.15, 0.2) is 24.6 Å². The molecular formula is C30H48O21. The van der Waals surface area contributed by atoms with Crippen molar-refractivity contribution in [3.8, 4) is 0 Å². The number of carboxylic acid groups (broad SMARTS) is 3. The van der Waals surface area contributed by atoms with E-state index in [2.05, 4.69) is 4.74 Å². The van der Waals surface area contributed by atoms with Crippen molar-refractivity contribution in [1.82, 2.24) is 0 Å². The summed E-state index contributed by atoms with van der Waals surface area (Å²) in [5.74, 6) is -9.02. The maximum Gasteiger partial charge on any atom is 0.335 e. The van der Waals surface area contributed by atoms with Gasteiger partial charge in [-0.05, 0) is 31.6 Å². The van der Waals surface area contributed by atoms with E-state index in [4.69, 9.17) is 18.9 Å². The second-order valence-corrected chi connectivity index (χ2v) is 13.1. The molecule has 3 aliphatic heterocycles. The van der Waals surface area contributed by atoms with Crippen LogP contribution < -0.4 is 0 Å². The van der Waals surface area contributed by atoms with Crippen LogP contribution in [-0.4, -0.2) is 198 Å². The predicted molar refractivity (Wildman–Crippen MR) is 160 cm³/mol. The molecule has 21 nitrogen and oxygen atoms in total. The fourth-order valence-corrected chi connectivity index (χ4v) is 7.15. The highest BCUT2D eigenvalue weighted by Crippen LogP contribution is 2.39. The van der Waals surface area contributed by atoms with Gasteiger partial charge in [-0.1, -0.05) is 0 Å². The number of carbonyl (C=O) groups excluding carboxylic acids is 1. The first kappa shape index (κ1) is 42.9. The third-order valence-electron chi connectivity index (χ3n) is 10.0. The van der Waals surface area contributed by atoms with Gasteiger partial charge >= 0.3 is 17.9 Å². The third kappa shape index (κ3) is 9.55. The second kappa shape index (κ2) is 18.5. The molecule has 3 saturated heterocycles. The summed E-state index contributed by atoms with van der Waals surface area (Å²) in [5.41, 5.74) is 0. The van der Waals surface area contributed by atoms with Gasteiger partial charge < -0.3 is 89.8 Å². The quantitative estimate of drug-likeness (QED) is 0.0488. The fourth-order valence-electron chi connectivity index (χ4n) is 7.15. The molecule has 12 N–H and O–H groups in total. The Morgan fingerprint density at radius 2 is 1.14 bits per heavy atom. The van der Waals surface area contributed by atoms with Crippen molar-refractivity contribution in [3.63, 3.8) is 0 Å². The molecule has 51 heavy (non-hydrogen) atoms. The van der Waals surface area contributed by atoms with E-state index >= 15 is 0 Å². The SMILES string of the molecule is COC(O)C(O)C(O)C(CC=O)CC1OC(C(=O)O)C(CC2OC(C(=O)O)C(CCC3OC(C(=O)O)C(OC)C(O)C3O)C(O)C2O)C(O)C1O. The van der Waals surface area contributed by atoms with Crippen LogP contribution in [0.15, 0.2) is 0 Å². The van der Waals surface area contributed by atoms with Gasteiger partial charge in [0, 0.05) is 32.5 Å². The van der Waals surface area contributed by atoms with Crippen molar-refractivity contribution in [3.05, 3.63) is 0 Å². The number of methoxy groups -OCH3 is 2. The van der Waals surface area contributed by atoms with Crippen molar-refractivity contribution in [2.24, 2.45) is 17.8 Å². The van der Waals surface area contributed by atoms with Crippen molar-refractivity contribution < 1.29 is 104 Å². The number of carboxylic acids is 3. The lowest BCUT2D eigenvalue weighted by molar-refractivity contribution is -0.246. The molecule has 19 atom stereocenters. The molecule has 0 bridgehead atoms. The summed E-state index contributed by atoms with van der Waals surface area (Å²) in [7, 11) is 2.13. The topological polar surface area (TPSA) is 357 Å². The highest BCUT2D eigenvalue weighted by Gasteiger charge is 2.54. The minimum atomic E-state index is -1.95. The fraction of sp³-hybridized carbons (Fsp3) is 0.867. The summed E-state index contributed by atoms with van der Waals surface area (Å²) in [5, 5.41) is 125. The summed E-state index contributed by atoms with van der Waals surface area (Å²) in [6.07, 6.45) is -30.1. The number of aldehydes is 1. The maximum absolute atomic E-state index is 12.3. The molecule has 3 rings (SSSR count). The van der Waals surface area contributed by atoms with E-state index in [1.807, 2.05) is 0 Å². The van der Waals surface area contributed by atoms with Gasteiger partial charge in [-0.25, -0.2) is 14.4 Å². The van der Waals surface area contributed by atoms with Crippen LogP contribution in [0.1, 0.15) is 32.1 Å². The van der Waals surface area contributed by atoms with Gasteiger partial charge in [0.25, 0.3) is 0 Å². The zero-order valence-electron chi connectivity index (χ0n) is 27.6. The van der Waals surface area contributed by atoms with Gasteiger partial charge in [-0.15, -0.1) is 0 Å². The van der Waals surface area contributed by atoms with E-state index in [1.165, 1.54) is 0 Å². The van der Waals surface area contributed by atoms with E-state index < -0.39 is 153 Å². The number of rotatable bonds is 17. The monoisotopic (exact) mass is 744 g/mol. The Morgan fingerprint density at radius 1 is 0.647 bits per heavy atom. The number of hydrogen-bond donors (Lipinski definition) is 12. The van der Waals surface area contributed by atoms with Crippen LogP contribution in [0.5, 0.6) is 0 Å². The van der Waals surface area contributed by atoms with Crippen LogP contribution in [0.3, 0.4) is 0 Å². The average molecular weight is 745 g/mol. The van der Waals surface area contributed by atoms with Crippen molar-refractivity contribution in [2.45, 2.75) is 130 Å². The van der Waals surface area contributed by atoms with E-state index in [1.54, 1.807) is 0 Å². The van der Waals surface area contributed by atoms with Gasteiger partial charge in [-0.2, -0.15) is 0 Å². The van der Waals surface area contributed by atoms with Crippen LogP contribution in [0.2, 0.25) is 0 Å². The smallest absolute Gasteiger partial charge is 0.335 e. The van der Waals surface area contributed by atoms with Gasteiger partial charge in [0.1, 0.15) is 42.9 Å². The average Bonchev–Trinajstić information content (AvgIpc) is 3.08. The minimum absolute atomic E-state index is 0.324. The highest BCUT2D eigenvalue weighted by atomic mass is 16.6. The van der Waals surface area contributed by atoms with Gasteiger partial charge in [-0.3, -0.25) is 0 Å². The molecule has 0 saturated carbocycles. The van der Waals surface area contributed by atoms with Gasteiger partial charge in [0.05, 0.1) is 36.6 Å². The third-order valence-corrected chi connectivity index (χ3v) is 10.0. The first-order chi connectivity index (χ1) is 23.9. The van der Waals surface area contributed by atoms with Crippen molar-refractivity contribution >= 4 is 24.2 Å². The largest absolute Gasteiger partial charge is 0.479 e. The maximum atomic E-state index is 12.3. The molecule has 3 heterocycles. The van der Waals surface area contributed by atoms with E-state index in [-0.39, 0.29) is 12.8 Å². The number of ether oxygens (including phenoxy) is 5. The lowest BCUT2D eigenvalue weighted by Gasteiger charge is -2.47. The number of carbonyl (C=O) groups is 4. The van der Waals surface area contributed by atoms with E-state index in [9.17, 15) is 80.5 Å². The Kier molecular flexibility index (Phi) is 15.6. The van der Waals surface area contributed by atoms with E-state index in [0.717, 1.165) is 14.2 Å². The summed E-state index contributed by atoms with van der Waals surface area (Å²) in [4.78, 5) is 47.5. The molecule has 0 aromatic heterocycles. The first-order valence-corrected chi connectivity index (χ1v) is 16.2. The Balaban J connectivity index is 1.76. The van der Waals surface area contributed by atoms with Crippen molar-refractivity contribution in [2.75, 3.05) is 14.2 Å². The minimum Gasteiger partial charge on any atom is -0.479 e. The molecular weight excluding hydrogens is 696 g/mol. The molecule has 0 aromatic rings. The molecule has 0 aromatic carbocycles. The molecule has 21 heteroatoms. The zero-order chi connectivity index (χ0) is 38.5. The molecule has 0 amide bonds. The Labute approximate surface area is 290 Å². The second-order valence-electron chi connectivity index (χ2n) is 13.1. The van der Waals surface area contributed by atoms with Crippen LogP contribution in [0, 0.1) is 17.8 Å². The first-order valence-electron chi connectivity index (χ1n) is 16.2. The number of aliphatic hydroxyl groups excluding tert-OH is 9. The van der Waals surface area contributed by atoms with E-state index in [0.29, 0.717) is 6.29 Å². The van der Waals surface area contributed by atoms with Crippen LogP contribution in [-0.2, 0) is 42.9 Å². The Bertz CT molecular complexity index is 1170. The molecule has 0 aliphatic carbocycles. The summed E-state index contributed by atoms with van der Waals surface area (Å²) in [6.45, 7) is 0. The predicted octanol–water partition coefficient (Wildman–Crippen LogP) is -5.59. The van der Waals surface area contributed by atoms with Crippen molar-refractivity contribution in [1.29, 1.82) is 0 Å². The molecule has 294 valence electrons. The summed E-state index contributed by atoms with van der Waals surface area (Å²) >= 11 is 0. The molecule has 3 aliphatic rings. The number of hydrogen-bond acceptors (Lipinski definition) is 18. The lowest BCUT2D eigenvalue weighted by Crippen LogP contribution is -2.62. The highest BCUT2D eigenvalue weighted by molar-refractivity contribution is 5.74. The lowest BCUT2D eigenvalue weighted by atomic mass is 9.76. The van der Waals surface area contributed by atoms with Crippen LogP contribution in [0.4, 0.5) is 0 Å².